The van der Waals surface area contributed by atoms with E-state index in [0.29, 0.717) is 6.42 Å². The van der Waals surface area contributed by atoms with E-state index in [9.17, 15) is 4.79 Å². The topological polar surface area (TPSA) is 33.0 Å². The summed E-state index contributed by atoms with van der Waals surface area (Å²) in [6.45, 7) is 9.09. The number of benzene rings is 1. The highest BCUT2D eigenvalue weighted by molar-refractivity contribution is 5.92. The van der Waals surface area contributed by atoms with Gasteiger partial charge >= 0.3 is 0 Å². The third-order valence-electron chi connectivity index (χ3n) is 3.82. The van der Waals surface area contributed by atoms with Crippen molar-refractivity contribution in [3.05, 3.63) is 58.9 Å². The smallest absolute Gasteiger partial charge is 0.224 e. The maximum absolute atomic E-state index is 12.1. The van der Waals surface area contributed by atoms with Crippen LogP contribution in [-0.2, 0) is 11.3 Å². The van der Waals surface area contributed by atoms with E-state index in [1.165, 1.54) is 11.1 Å². The Labute approximate surface area is 133 Å². The number of aryl methyl sites for hydroxylation is 5. The van der Waals surface area contributed by atoms with Gasteiger partial charge in [-0.1, -0.05) is 17.7 Å². The number of pyridine rings is 1. The van der Waals surface area contributed by atoms with Crippen LogP contribution < -0.4 is 9.88 Å². The van der Waals surface area contributed by atoms with E-state index in [1.807, 2.05) is 13.8 Å². The third kappa shape index (κ3) is 4.42. The highest BCUT2D eigenvalue weighted by atomic mass is 16.1. The van der Waals surface area contributed by atoms with Crippen LogP contribution >= 0.6 is 0 Å². The van der Waals surface area contributed by atoms with Gasteiger partial charge < -0.3 is 5.32 Å². The molecule has 0 radical (unpaired) electrons. The Kier molecular flexibility index (Phi) is 5.31. The van der Waals surface area contributed by atoms with Gasteiger partial charge in [0.1, 0.15) is 6.54 Å². The maximum atomic E-state index is 12.1. The Hall–Kier alpha value is -2.16. The minimum absolute atomic E-state index is 0.0859. The Morgan fingerprint density at radius 2 is 1.59 bits per heavy atom. The first-order valence-corrected chi connectivity index (χ1v) is 7.79. The van der Waals surface area contributed by atoms with Gasteiger partial charge in [0.25, 0.3) is 0 Å². The SMILES string of the molecule is Cc1cc[n+](CCCC(=O)Nc2c(C)cc(C)cc2C)cc1. The second-order valence-electron chi connectivity index (χ2n) is 6.04. The van der Waals surface area contributed by atoms with E-state index >= 15 is 0 Å². The average Bonchev–Trinajstić information content (AvgIpc) is 2.45. The van der Waals surface area contributed by atoms with Crippen LogP contribution in [0, 0.1) is 27.7 Å². The Balaban J connectivity index is 1.87. The first-order valence-electron chi connectivity index (χ1n) is 7.79. The molecular weight excluding hydrogens is 272 g/mol. The van der Waals surface area contributed by atoms with E-state index in [-0.39, 0.29) is 5.91 Å². The van der Waals surface area contributed by atoms with Gasteiger partial charge in [-0.25, -0.2) is 4.57 Å². The zero-order chi connectivity index (χ0) is 16.1. The second-order valence-corrected chi connectivity index (χ2v) is 6.04. The molecule has 0 saturated carbocycles. The quantitative estimate of drug-likeness (QED) is 0.840. The van der Waals surface area contributed by atoms with Gasteiger partial charge in [-0.2, -0.15) is 0 Å². The fraction of sp³-hybridized carbons (Fsp3) is 0.368. The Morgan fingerprint density at radius 1 is 1.00 bits per heavy atom. The predicted molar refractivity (Wildman–Crippen MR) is 89.9 cm³/mol. The summed E-state index contributed by atoms with van der Waals surface area (Å²) in [5.74, 6) is 0.0859. The van der Waals surface area contributed by atoms with Crippen molar-refractivity contribution in [2.24, 2.45) is 0 Å². The van der Waals surface area contributed by atoms with E-state index in [0.717, 1.165) is 29.8 Å². The van der Waals surface area contributed by atoms with Crippen molar-refractivity contribution in [2.75, 3.05) is 5.32 Å². The highest BCUT2D eigenvalue weighted by Gasteiger charge is 2.09. The van der Waals surface area contributed by atoms with E-state index in [4.69, 9.17) is 0 Å². The minimum atomic E-state index is 0.0859. The van der Waals surface area contributed by atoms with Crippen molar-refractivity contribution in [1.29, 1.82) is 0 Å². The summed E-state index contributed by atoms with van der Waals surface area (Å²) in [6.07, 6.45) is 5.49. The van der Waals surface area contributed by atoms with Crippen LogP contribution in [0.2, 0.25) is 0 Å². The summed E-state index contributed by atoms with van der Waals surface area (Å²) in [6, 6.07) is 8.37. The molecule has 0 aliphatic rings. The van der Waals surface area contributed by atoms with E-state index in [2.05, 4.69) is 60.4 Å². The average molecular weight is 297 g/mol. The van der Waals surface area contributed by atoms with Gasteiger partial charge in [-0.3, -0.25) is 4.79 Å². The number of nitrogens with zero attached hydrogens (tertiary/aromatic N) is 1. The minimum Gasteiger partial charge on any atom is -0.326 e. The van der Waals surface area contributed by atoms with Crippen LogP contribution in [0.3, 0.4) is 0 Å². The standard InChI is InChI=1S/C19H24N2O/c1-14-7-10-21(11-8-14)9-5-6-18(22)20-19-16(3)12-15(2)13-17(19)4/h7-8,10-13H,5-6,9H2,1-4H3/p+1. The molecule has 2 rings (SSSR count). The van der Waals surface area contributed by atoms with Crippen LogP contribution in [0.5, 0.6) is 0 Å². The molecule has 3 nitrogen and oxygen atoms in total. The third-order valence-corrected chi connectivity index (χ3v) is 3.82. The first kappa shape index (κ1) is 16.2. The molecule has 0 saturated heterocycles. The predicted octanol–water partition coefficient (Wildman–Crippen LogP) is 3.63. The lowest BCUT2D eigenvalue weighted by atomic mass is 10.0. The molecule has 1 heterocycles. The molecule has 22 heavy (non-hydrogen) atoms. The Morgan fingerprint density at radius 3 is 2.18 bits per heavy atom. The van der Waals surface area contributed by atoms with Crippen molar-refractivity contribution in [3.63, 3.8) is 0 Å². The summed E-state index contributed by atoms with van der Waals surface area (Å²) in [5.41, 5.74) is 5.68. The number of hydrogen-bond donors (Lipinski definition) is 1. The van der Waals surface area contributed by atoms with Crippen molar-refractivity contribution in [1.82, 2.24) is 0 Å². The number of carbonyl (C=O) groups excluding carboxylic acids is 1. The Bertz CT molecular complexity index is 637. The van der Waals surface area contributed by atoms with Crippen molar-refractivity contribution >= 4 is 11.6 Å². The van der Waals surface area contributed by atoms with Gasteiger partial charge in [0.15, 0.2) is 12.4 Å². The molecule has 0 bridgehead atoms. The number of aromatic nitrogens is 1. The van der Waals surface area contributed by atoms with Gasteiger partial charge in [-0.15, -0.1) is 0 Å². The molecular formula is C19H25N2O+. The molecule has 1 N–H and O–H groups in total. The first-order chi connectivity index (χ1) is 10.5. The summed E-state index contributed by atoms with van der Waals surface area (Å²) in [7, 11) is 0. The molecule has 2 aromatic rings. The van der Waals surface area contributed by atoms with Crippen LogP contribution in [-0.4, -0.2) is 5.91 Å². The lowest BCUT2D eigenvalue weighted by Gasteiger charge is -2.12. The number of hydrogen-bond acceptors (Lipinski definition) is 1. The monoisotopic (exact) mass is 297 g/mol. The van der Waals surface area contributed by atoms with E-state index < -0.39 is 0 Å². The van der Waals surface area contributed by atoms with Crippen molar-refractivity contribution < 1.29 is 9.36 Å². The fourth-order valence-corrected chi connectivity index (χ4v) is 2.68. The zero-order valence-corrected chi connectivity index (χ0v) is 13.9. The van der Waals surface area contributed by atoms with Gasteiger partial charge in [0, 0.05) is 30.7 Å². The molecule has 1 amide bonds. The summed E-state index contributed by atoms with van der Waals surface area (Å²) >= 11 is 0. The van der Waals surface area contributed by atoms with Gasteiger partial charge in [-0.05, 0) is 44.4 Å². The second kappa shape index (κ2) is 7.21. The van der Waals surface area contributed by atoms with Gasteiger partial charge in [0.2, 0.25) is 5.91 Å². The molecule has 0 aliphatic carbocycles. The number of anilines is 1. The number of carbonyl (C=O) groups is 1. The molecule has 116 valence electrons. The lowest BCUT2D eigenvalue weighted by Crippen LogP contribution is -2.33. The van der Waals surface area contributed by atoms with Crippen molar-refractivity contribution in [3.8, 4) is 0 Å². The van der Waals surface area contributed by atoms with Crippen LogP contribution in [0.15, 0.2) is 36.7 Å². The summed E-state index contributed by atoms with van der Waals surface area (Å²) < 4.78 is 2.11. The number of rotatable bonds is 5. The van der Waals surface area contributed by atoms with Gasteiger partial charge in [0.05, 0.1) is 0 Å². The molecule has 3 heteroatoms. The molecule has 0 unspecified atom stereocenters. The maximum Gasteiger partial charge on any atom is 0.224 e. The van der Waals surface area contributed by atoms with Crippen molar-refractivity contribution in [2.45, 2.75) is 47.1 Å². The normalized spacial score (nSPS) is 10.5. The number of nitrogens with one attached hydrogen (secondary N) is 1. The van der Waals surface area contributed by atoms with E-state index in [1.54, 1.807) is 0 Å². The largest absolute Gasteiger partial charge is 0.326 e. The molecule has 0 aliphatic heterocycles. The summed E-state index contributed by atoms with van der Waals surface area (Å²) in [4.78, 5) is 12.1. The number of amides is 1. The van der Waals surface area contributed by atoms with Crippen LogP contribution in [0.1, 0.15) is 35.1 Å². The molecule has 1 aromatic carbocycles. The lowest BCUT2D eigenvalue weighted by molar-refractivity contribution is -0.697. The summed E-state index contributed by atoms with van der Waals surface area (Å²) in [5, 5.41) is 3.05. The molecule has 0 fully saturated rings. The fourth-order valence-electron chi connectivity index (χ4n) is 2.68. The molecule has 0 atom stereocenters. The van der Waals surface area contributed by atoms with Crippen LogP contribution in [0.4, 0.5) is 5.69 Å². The molecule has 0 spiro atoms. The molecule has 1 aromatic heterocycles. The zero-order valence-electron chi connectivity index (χ0n) is 13.9. The van der Waals surface area contributed by atoms with Crippen LogP contribution in [0.25, 0.3) is 0 Å². The highest BCUT2D eigenvalue weighted by Crippen LogP contribution is 2.22.